The van der Waals surface area contributed by atoms with Crippen LogP contribution in [0.15, 0.2) is 130 Å². The van der Waals surface area contributed by atoms with Crippen LogP contribution in [0.5, 0.6) is 5.75 Å². The zero-order valence-electron chi connectivity index (χ0n) is 44.1. The molecule has 0 amide bonds. The number of hydrogen-bond acceptors (Lipinski definition) is 31. The quantitative estimate of drug-likeness (QED) is 0.0193. The summed E-state index contributed by atoms with van der Waals surface area (Å²) in [5.41, 5.74) is -4.27. The van der Waals surface area contributed by atoms with Crippen LogP contribution in [0.1, 0.15) is 0 Å². The van der Waals surface area contributed by atoms with Crippen molar-refractivity contribution in [3.05, 3.63) is 107 Å². The van der Waals surface area contributed by atoms with Crippen LogP contribution in [0.2, 0.25) is 10.6 Å². The summed E-state index contributed by atoms with van der Waals surface area (Å²) in [6, 6.07) is 13.0. The third-order valence-electron chi connectivity index (χ3n) is 9.94. The van der Waals surface area contributed by atoms with E-state index in [9.17, 15) is 82.2 Å². The summed E-state index contributed by atoms with van der Waals surface area (Å²) in [5.74, 6) is -4.04. The molecule has 432 valence electrons. The van der Waals surface area contributed by atoms with Gasteiger partial charge in [-0.05, 0) is 114 Å². The van der Waals surface area contributed by atoms with Gasteiger partial charge >= 0.3 is 158 Å². The van der Waals surface area contributed by atoms with Crippen LogP contribution in [-0.2, 0) is 79.2 Å². The van der Waals surface area contributed by atoms with Crippen molar-refractivity contribution < 1.29 is 243 Å². The van der Waals surface area contributed by atoms with Crippen LogP contribution in [0.4, 0.5) is 46.0 Å². The summed E-state index contributed by atoms with van der Waals surface area (Å²) in [5, 5.41) is 24.5. The molecule has 7 aromatic rings. The number of anilines is 4. The fourth-order valence-corrected chi connectivity index (χ4v) is 11.6. The molecule has 2 heterocycles. The van der Waals surface area contributed by atoms with Crippen LogP contribution >= 0.6 is 23.2 Å². The van der Waals surface area contributed by atoms with Crippen molar-refractivity contribution in [3.63, 3.8) is 0 Å². The van der Waals surface area contributed by atoms with Gasteiger partial charge in [0.25, 0.3) is 0 Å². The standard InChI is InChI=1S/C38H32Cl2N12O22S7.5Na/c39-33-45-35(41-20-1-6-23(7-2-20)75(54,55)13-11-73-80(67,68)69)49-37(47-33)43-22-5-10-28(78(61,62)63)26(17-22)51-52-31-29(79(64,65)66)16-19-15-25(77(58,59)60)18-27(30(19)32(31)53)44-38-48-34(40)46-36(50-38)42-21-3-8-24(9-4-21)76(56,57)14-12-74-81(70,71)72;;;;;/h1-10,15-18,53H,11-14H2,(H,58,59,60)(H,61,62,63)(H,64,65,66)(H,67,68,69)(H,70,71,72)(H2,41,43,45,47,49)(H2,42,44,46,48,50);;;;;/q;5*+1/p-5. The molecule has 0 radical (unpaired) electrons. The number of fused-ring (bicyclic) bond motifs is 1. The molecule has 5 N–H and O–H groups in total. The van der Waals surface area contributed by atoms with Gasteiger partial charge in [-0.1, -0.05) is 5.75 Å². The molecule has 48 heteroatoms. The van der Waals surface area contributed by atoms with Gasteiger partial charge in [0.05, 0.1) is 66.3 Å². The van der Waals surface area contributed by atoms with E-state index in [4.69, 9.17) is 27.8 Å². The first-order chi connectivity index (χ1) is 37.4. The van der Waals surface area contributed by atoms with E-state index in [1.807, 2.05) is 0 Å². The molecule has 0 fully saturated rings. The summed E-state index contributed by atoms with van der Waals surface area (Å²) in [4.78, 5) is 24.5. The maximum Gasteiger partial charge on any atom is 1.00 e. The fourth-order valence-electron chi connectivity index (χ4n) is 6.58. The van der Waals surface area contributed by atoms with Crippen LogP contribution < -0.4 is 175 Å². The first-order valence-electron chi connectivity index (χ1n) is 21.0. The number of aromatic amines is 2. The zero-order chi connectivity index (χ0) is 59.7. The number of benzene rings is 5. The number of nitrogens with zero attached hydrogens (tertiary/aromatic N) is 8. The number of aromatic nitrogens is 6. The molecule has 0 saturated heterocycles. The Balaban J connectivity index is 0.00000505. The smallest absolute Gasteiger partial charge is 0.870 e. The second-order valence-electron chi connectivity index (χ2n) is 15.5. The Morgan fingerprint density at radius 2 is 0.988 bits per heavy atom. The van der Waals surface area contributed by atoms with Crippen LogP contribution in [0.3, 0.4) is 0 Å². The molecular weight excluding hydrogens is 1390 g/mol. The summed E-state index contributed by atoms with van der Waals surface area (Å²) in [6.07, 6.45) is 0. The minimum absolute atomic E-state index is 0. The maximum absolute atomic E-state index is 14.4. The first kappa shape index (κ1) is 80.0. The normalized spacial score (nSPS) is 12.7. The van der Waals surface area contributed by atoms with Gasteiger partial charge in [-0.15, -0.1) is 10.2 Å². The summed E-state index contributed by atoms with van der Waals surface area (Å²) >= 11 is 12.3. The second-order valence-corrected chi connectivity index (χ2v) is 26.7. The van der Waals surface area contributed by atoms with E-state index in [-0.39, 0.29) is 186 Å². The van der Waals surface area contributed by atoms with Gasteiger partial charge in [-0.3, -0.25) is 18.7 Å². The van der Waals surface area contributed by atoms with Gasteiger partial charge in [0.2, 0.25) is 44.1 Å². The Bertz CT molecular complexity index is 4720. The van der Waals surface area contributed by atoms with E-state index in [2.05, 4.69) is 69.1 Å². The van der Waals surface area contributed by atoms with E-state index >= 15 is 0 Å². The summed E-state index contributed by atoms with van der Waals surface area (Å²) in [7, 11) is -35.2. The van der Waals surface area contributed by atoms with Gasteiger partial charge in [-0.2, -0.15) is 28.4 Å². The largest absolute Gasteiger partial charge is 1.00 e. The van der Waals surface area contributed by atoms with Crippen LogP contribution in [0, 0.1) is 0 Å². The van der Waals surface area contributed by atoms with E-state index in [1.165, 1.54) is 24.3 Å². The van der Waals surface area contributed by atoms with Crippen molar-refractivity contribution in [1.29, 1.82) is 0 Å². The number of H-pyrrole nitrogens is 2. The second kappa shape index (κ2) is 32.0. The molecule has 0 aliphatic heterocycles. The topological polar surface area (TPSA) is 550 Å². The van der Waals surface area contributed by atoms with Crippen LogP contribution in [0.25, 0.3) is 10.8 Å². The Hall–Kier alpha value is -2.07. The molecule has 34 nitrogen and oxygen atoms in total. The molecule has 0 unspecified atom stereocenters. The van der Waals surface area contributed by atoms with Gasteiger partial charge < -0.3 is 34.0 Å². The number of azo groups is 1. The number of sulfone groups is 2. The predicted octanol–water partition coefficient (Wildman–Crippen LogP) is -13.6. The van der Waals surface area contributed by atoms with E-state index in [0.29, 0.717) is 24.3 Å². The van der Waals surface area contributed by atoms with Gasteiger partial charge in [-0.25, -0.2) is 64.7 Å². The van der Waals surface area contributed by atoms with Crippen molar-refractivity contribution >= 4 is 151 Å². The molecule has 0 aliphatic rings. The monoisotopic (exact) mass is 1410 g/mol. The molecule has 2 aromatic heterocycles. The van der Waals surface area contributed by atoms with Crippen molar-refractivity contribution in [1.82, 2.24) is 29.9 Å². The molecule has 7 rings (SSSR count). The number of nitrogens with one attached hydrogen (secondary N) is 4. The third-order valence-corrected chi connectivity index (χ3v) is 17.2. The van der Waals surface area contributed by atoms with Crippen molar-refractivity contribution in [3.8, 4) is 5.75 Å². The van der Waals surface area contributed by atoms with Crippen LogP contribution in [-0.4, -0.2) is 136 Å². The van der Waals surface area contributed by atoms with Crippen molar-refractivity contribution in [2.45, 2.75) is 24.5 Å². The number of halogens is 2. The molecule has 86 heavy (non-hydrogen) atoms. The van der Waals surface area contributed by atoms with Gasteiger partial charge in [0.15, 0.2) is 19.7 Å². The Labute approximate surface area is 607 Å². The minimum atomic E-state index is -5.85. The van der Waals surface area contributed by atoms with Crippen molar-refractivity contribution in [2.75, 3.05) is 35.4 Å². The Morgan fingerprint density at radius 1 is 0.523 bits per heavy atom. The zero-order valence-corrected chi connectivity index (χ0v) is 61.4. The summed E-state index contributed by atoms with van der Waals surface area (Å²) in [6.45, 7) is -1.87. The Kier molecular flexibility index (Phi) is 29.8. The number of hydrogen-bond donors (Lipinski definition) is 5. The predicted molar refractivity (Wildman–Crippen MR) is 268 cm³/mol. The molecular formula is C38H27Cl2N12Na5O22S7. The summed E-state index contributed by atoms with van der Waals surface area (Å²) < 4.78 is 233. The van der Waals surface area contributed by atoms with E-state index < -0.39 is 166 Å². The fraction of sp³-hybridized carbons (Fsp3) is 0.105. The Morgan fingerprint density at radius 3 is 1.43 bits per heavy atom. The van der Waals surface area contributed by atoms with E-state index in [1.54, 1.807) is 0 Å². The van der Waals surface area contributed by atoms with Crippen molar-refractivity contribution in [2.24, 2.45) is 20.2 Å². The molecule has 0 spiro atoms. The van der Waals surface area contributed by atoms with E-state index in [0.717, 1.165) is 36.4 Å². The molecule has 5 aromatic carbocycles. The van der Waals surface area contributed by atoms with Gasteiger partial charge in [0.1, 0.15) is 36.0 Å². The average Bonchev–Trinajstić information content (AvgIpc) is 1.06. The minimum Gasteiger partial charge on any atom is -0.870 e. The molecule has 0 bridgehead atoms. The first-order valence-corrected chi connectivity index (χ1v) is 32.0. The molecule has 0 atom stereocenters. The number of rotatable bonds is 21. The molecule has 0 saturated carbocycles. The maximum atomic E-state index is 14.4. The third kappa shape index (κ3) is 22.6. The molecule has 0 aliphatic carbocycles. The SMILES string of the molecule is O=S(=O)([O-])OCCS(=O)(=O)c1ccc(Nc2nc(Cl)[nH]c(=Nc3ccc(S(=O)(=O)[O-])c(N=Nc4c(S(=O)(=O)[O-])cc5cc(S(=O)(=O)[O-])cc(N=c6nc(Nc7ccc(S(=O)(=O)CCOS(=O)(=O)O)cc7)nc(Cl)[nH]6)c5c4[O-])c3)n2)cc1.[Na+].[Na+].[Na+].[Na+].[Na+]. The van der Waals surface area contributed by atoms with Gasteiger partial charge in [0, 0.05) is 16.8 Å². The average molecular weight is 1410 g/mol.